The van der Waals surface area contributed by atoms with E-state index in [0.29, 0.717) is 0 Å². The molecule has 0 fully saturated rings. The zero-order valence-corrected chi connectivity index (χ0v) is 18.6. The van der Waals surface area contributed by atoms with Crippen LogP contribution >= 0.6 is 19.9 Å². The van der Waals surface area contributed by atoms with Crippen LogP contribution in [0.1, 0.15) is 59.6 Å². The number of fused-ring (bicyclic) bond motifs is 3. The smallest absolute Gasteiger partial charge is 0.0109 e. The molecule has 0 saturated heterocycles. The van der Waals surface area contributed by atoms with Crippen molar-refractivity contribution in [3.05, 3.63) is 47.5 Å². The minimum absolute atomic E-state index is 0.184. The topological polar surface area (TPSA) is 0 Å². The molecule has 0 nitrogen and oxygen atoms in total. The summed E-state index contributed by atoms with van der Waals surface area (Å²) in [5.41, 5.74) is 6.21. The molecule has 0 amide bonds. The molecule has 3 rings (SSSR count). The third-order valence-electron chi connectivity index (χ3n) is 5.38. The summed E-state index contributed by atoms with van der Waals surface area (Å²) < 4.78 is 0. The van der Waals surface area contributed by atoms with Crippen molar-refractivity contribution < 1.29 is 0 Å². The molecule has 0 saturated carbocycles. The van der Waals surface area contributed by atoms with Crippen LogP contribution in [0.25, 0.3) is 11.1 Å². The second-order valence-corrected chi connectivity index (χ2v) is 14.9. The van der Waals surface area contributed by atoms with Crippen molar-refractivity contribution in [2.45, 2.75) is 69.1 Å². The van der Waals surface area contributed by atoms with Crippen LogP contribution in [-0.2, 0) is 10.8 Å². The van der Waals surface area contributed by atoms with Gasteiger partial charge in [-0.05, 0) is 69.4 Å². The predicted octanol–water partition coefficient (Wildman–Crippen LogP) is 7.78. The van der Waals surface area contributed by atoms with Gasteiger partial charge in [0.1, 0.15) is 0 Å². The van der Waals surface area contributed by atoms with Gasteiger partial charge in [0.15, 0.2) is 0 Å². The second kappa shape index (κ2) is 6.09. The Labute approximate surface area is 159 Å². The lowest BCUT2D eigenvalue weighted by Crippen LogP contribution is -2.11. The van der Waals surface area contributed by atoms with E-state index in [1.54, 1.807) is 9.79 Å². The molecule has 2 aromatic carbocycles. The van der Waals surface area contributed by atoms with E-state index in [1.165, 1.54) is 28.0 Å². The standard InChI is InChI=1S/C23H32S2/c1-9-25(24-8)20-12-10-16(22(2,3)4)14-18(20)19-15-17(23(5,6)7)11-13-21(19)25/h10-15H,9H2,1-8H3. The normalized spacial score (nSPS) is 17.1. The first-order chi connectivity index (χ1) is 11.5. The Hall–Kier alpha value is -0.860. The van der Waals surface area contributed by atoms with Crippen molar-refractivity contribution in [2.75, 3.05) is 12.0 Å². The summed E-state index contributed by atoms with van der Waals surface area (Å²) in [7, 11) is 1.11. The van der Waals surface area contributed by atoms with Gasteiger partial charge in [0.2, 0.25) is 0 Å². The lowest BCUT2D eigenvalue weighted by atomic mass is 9.83. The van der Waals surface area contributed by atoms with E-state index in [0.717, 1.165) is 0 Å². The Balaban J connectivity index is 2.33. The van der Waals surface area contributed by atoms with Gasteiger partial charge in [0, 0.05) is 9.79 Å². The molecular formula is C23H32S2. The maximum Gasteiger partial charge on any atom is 0.0109 e. The molecule has 2 aromatic rings. The molecule has 2 heteroatoms. The van der Waals surface area contributed by atoms with E-state index in [2.05, 4.69) is 102 Å². The van der Waals surface area contributed by atoms with Crippen molar-refractivity contribution in [1.82, 2.24) is 0 Å². The number of rotatable bonds is 2. The molecule has 0 spiro atoms. The summed E-state index contributed by atoms with van der Waals surface area (Å²) in [4.78, 5) is 3.16. The molecule has 0 radical (unpaired) electrons. The third-order valence-corrected chi connectivity index (χ3v) is 12.4. The predicted molar refractivity (Wildman–Crippen MR) is 117 cm³/mol. The van der Waals surface area contributed by atoms with Crippen molar-refractivity contribution in [1.29, 1.82) is 0 Å². The molecule has 1 aliphatic heterocycles. The Bertz CT molecular complexity index is 734. The van der Waals surface area contributed by atoms with Gasteiger partial charge in [-0.3, -0.25) is 0 Å². The summed E-state index contributed by atoms with van der Waals surface area (Å²) in [6.07, 6.45) is 2.30. The largest absolute Gasteiger partial charge is 0.138 e. The van der Waals surface area contributed by atoms with Crippen LogP contribution < -0.4 is 0 Å². The van der Waals surface area contributed by atoms with Crippen LogP contribution in [0.3, 0.4) is 0 Å². The minimum atomic E-state index is -0.963. The molecule has 1 aliphatic rings. The lowest BCUT2D eigenvalue weighted by Gasteiger charge is -2.35. The molecule has 0 aliphatic carbocycles. The second-order valence-electron chi connectivity index (χ2n) is 9.05. The highest BCUT2D eigenvalue weighted by Crippen LogP contribution is 2.77. The van der Waals surface area contributed by atoms with Crippen LogP contribution in [0, 0.1) is 0 Å². The lowest BCUT2D eigenvalue weighted by molar-refractivity contribution is 0.589. The van der Waals surface area contributed by atoms with Crippen molar-refractivity contribution >= 4 is 19.9 Å². The Kier molecular flexibility index (Phi) is 4.61. The first-order valence-electron chi connectivity index (χ1n) is 9.21. The monoisotopic (exact) mass is 372 g/mol. The zero-order valence-electron chi connectivity index (χ0n) is 17.0. The summed E-state index contributed by atoms with van der Waals surface area (Å²) in [5.74, 6) is 1.21. The highest BCUT2D eigenvalue weighted by molar-refractivity contribution is 8.94. The average molecular weight is 373 g/mol. The van der Waals surface area contributed by atoms with Crippen LogP contribution in [0.2, 0.25) is 0 Å². The Morgan fingerprint density at radius 1 is 0.760 bits per heavy atom. The summed E-state index contributed by atoms with van der Waals surface area (Å²) >= 11 is 0. The quantitative estimate of drug-likeness (QED) is 0.485. The highest BCUT2D eigenvalue weighted by Gasteiger charge is 2.38. The molecule has 136 valence electrons. The fraction of sp³-hybridized carbons (Fsp3) is 0.478. The van der Waals surface area contributed by atoms with Gasteiger partial charge in [0.25, 0.3) is 0 Å². The molecule has 1 heterocycles. The van der Waals surface area contributed by atoms with Crippen LogP contribution in [0.4, 0.5) is 0 Å². The molecule has 0 atom stereocenters. The highest BCUT2D eigenvalue weighted by atomic mass is 33.2. The molecule has 0 N–H and O–H groups in total. The first-order valence-corrected chi connectivity index (χ1v) is 12.7. The molecule has 0 bridgehead atoms. The van der Waals surface area contributed by atoms with E-state index >= 15 is 0 Å². The summed E-state index contributed by atoms with van der Waals surface area (Å²) in [5, 5.41) is 0. The number of benzene rings is 2. The van der Waals surface area contributed by atoms with Crippen LogP contribution in [-0.4, -0.2) is 12.0 Å². The molecule has 0 aromatic heterocycles. The van der Waals surface area contributed by atoms with E-state index in [1.807, 2.05) is 0 Å². The summed E-state index contributed by atoms with van der Waals surface area (Å²) in [6, 6.07) is 14.5. The fourth-order valence-corrected chi connectivity index (χ4v) is 9.45. The summed E-state index contributed by atoms with van der Waals surface area (Å²) in [6.45, 7) is 16.2. The van der Waals surface area contributed by atoms with Gasteiger partial charge in [-0.15, -0.1) is 19.9 Å². The third kappa shape index (κ3) is 2.96. The van der Waals surface area contributed by atoms with Gasteiger partial charge < -0.3 is 0 Å². The SMILES string of the molecule is CCS1(SC)c2ccc(C(C)(C)C)cc2-c2cc(C(C)(C)C)ccc21. The fourth-order valence-electron chi connectivity index (χ4n) is 3.72. The van der Waals surface area contributed by atoms with Gasteiger partial charge in [-0.25, -0.2) is 0 Å². The van der Waals surface area contributed by atoms with E-state index < -0.39 is 9.06 Å². The van der Waals surface area contributed by atoms with Gasteiger partial charge >= 0.3 is 0 Å². The molecular weight excluding hydrogens is 340 g/mol. The van der Waals surface area contributed by atoms with Gasteiger partial charge in [0.05, 0.1) is 0 Å². The van der Waals surface area contributed by atoms with Gasteiger partial charge in [-0.2, -0.15) is 0 Å². The maximum atomic E-state index is 2.47. The van der Waals surface area contributed by atoms with Crippen molar-refractivity contribution in [2.24, 2.45) is 0 Å². The average Bonchev–Trinajstić information content (AvgIpc) is 2.82. The van der Waals surface area contributed by atoms with Crippen LogP contribution in [0.15, 0.2) is 46.2 Å². The molecule has 25 heavy (non-hydrogen) atoms. The Morgan fingerprint density at radius 3 is 1.44 bits per heavy atom. The first kappa shape index (κ1) is 18.9. The van der Waals surface area contributed by atoms with E-state index in [4.69, 9.17) is 0 Å². The van der Waals surface area contributed by atoms with Gasteiger partial charge in [-0.1, -0.05) is 60.6 Å². The van der Waals surface area contributed by atoms with Crippen LogP contribution in [0.5, 0.6) is 0 Å². The number of hydrogen-bond donors (Lipinski definition) is 0. The van der Waals surface area contributed by atoms with Crippen molar-refractivity contribution in [3.63, 3.8) is 0 Å². The number of hydrogen-bond acceptors (Lipinski definition) is 1. The molecule has 0 unspecified atom stereocenters. The van der Waals surface area contributed by atoms with E-state index in [9.17, 15) is 0 Å². The van der Waals surface area contributed by atoms with Crippen molar-refractivity contribution in [3.8, 4) is 11.1 Å². The zero-order chi connectivity index (χ0) is 18.6. The maximum absolute atomic E-state index is 2.47. The Morgan fingerprint density at radius 2 is 1.16 bits per heavy atom. The van der Waals surface area contributed by atoms with E-state index in [-0.39, 0.29) is 10.8 Å². The minimum Gasteiger partial charge on any atom is -0.138 e.